The number of nitrogens with zero attached hydrogens (tertiary/aromatic N) is 3. The molecule has 0 aliphatic carbocycles. The van der Waals surface area contributed by atoms with Crippen LogP contribution in [0.2, 0.25) is 5.02 Å². The van der Waals surface area contributed by atoms with Gasteiger partial charge in [-0.15, -0.1) is 0 Å². The molecule has 6 heteroatoms. The fraction of sp³-hybridized carbons (Fsp3) is 0.381. The fourth-order valence-corrected chi connectivity index (χ4v) is 4.33. The Morgan fingerprint density at radius 1 is 1.15 bits per heavy atom. The molecule has 1 aromatic heterocycles. The average molecular weight is 384 g/mol. The Bertz CT molecular complexity index is 958. The first-order valence-corrected chi connectivity index (χ1v) is 9.87. The lowest BCUT2D eigenvalue weighted by Gasteiger charge is -2.36. The van der Waals surface area contributed by atoms with Crippen molar-refractivity contribution in [2.75, 3.05) is 26.2 Å². The van der Waals surface area contributed by atoms with Crippen molar-refractivity contribution in [3.8, 4) is 11.5 Å². The van der Waals surface area contributed by atoms with Gasteiger partial charge in [0.15, 0.2) is 11.5 Å². The molecule has 2 aliphatic rings. The maximum Gasteiger partial charge on any atom is 0.161 e. The Morgan fingerprint density at radius 3 is 2.96 bits per heavy atom. The monoisotopic (exact) mass is 383 g/mol. The highest BCUT2D eigenvalue weighted by molar-refractivity contribution is 6.31. The Labute approximate surface area is 163 Å². The highest BCUT2D eigenvalue weighted by atomic mass is 35.5. The molecule has 0 saturated carbocycles. The van der Waals surface area contributed by atoms with Gasteiger partial charge in [-0.05, 0) is 49.7 Å². The second-order valence-corrected chi connectivity index (χ2v) is 7.77. The molecule has 0 N–H and O–H groups in total. The number of piperidine rings is 1. The molecule has 2 atom stereocenters. The van der Waals surface area contributed by atoms with Gasteiger partial charge in [0.2, 0.25) is 0 Å². The van der Waals surface area contributed by atoms with E-state index in [-0.39, 0.29) is 6.10 Å². The summed E-state index contributed by atoms with van der Waals surface area (Å²) in [4.78, 5) is 7.02. The molecule has 1 fully saturated rings. The first kappa shape index (κ1) is 16.9. The van der Waals surface area contributed by atoms with Crippen molar-refractivity contribution in [1.29, 1.82) is 0 Å². The van der Waals surface area contributed by atoms with E-state index in [2.05, 4.69) is 20.5 Å². The summed E-state index contributed by atoms with van der Waals surface area (Å²) in [6, 6.07) is 14.2. The van der Waals surface area contributed by atoms with Gasteiger partial charge >= 0.3 is 0 Å². The predicted molar refractivity (Wildman–Crippen MR) is 106 cm³/mol. The van der Waals surface area contributed by atoms with E-state index in [0.717, 1.165) is 53.6 Å². The van der Waals surface area contributed by atoms with Gasteiger partial charge in [-0.2, -0.15) is 0 Å². The fourth-order valence-electron chi connectivity index (χ4n) is 4.16. The number of rotatable bonds is 3. The van der Waals surface area contributed by atoms with Gasteiger partial charge < -0.3 is 14.0 Å². The van der Waals surface area contributed by atoms with Crippen LogP contribution < -0.4 is 9.47 Å². The summed E-state index contributed by atoms with van der Waals surface area (Å²) < 4.78 is 14.3. The maximum absolute atomic E-state index is 6.14. The molecule has 5 nitrogen and oxygen atoms in total. The molecule has 3 aromatic rings. The van der Waals surface area contributed by atoms with Crippen molar-refractivity contribution < 1.29 is 9.47 Å². The molecule has 0 unspecified atom stereocenters. The van der Waals surface area contributed by atoms with Crippen LogP contribution in [-0.4, -0.2) is 46.8 Å². The van der Waals surface area contributed by atoms with Crippen LogP contribution in [0.4, 0.5) is 0 Å². The second kappa shape index (κ2) is 7.06. The van der Waals surface area contributed by atoms with Crippen molar-refractivity contribution >= 4 is 22.6 Å². The van der Waals surface area contributed by atoms with Crippen LogP contribution in [0, 0.1) is 0 Å². The average Bonchev–Trinajstić information content (AvgIpc) is 3.11. The van der Waals surface area contributed by atoms with Crippen molar-refractivity contribution in [3.63, 3.8) is 0 Å². The van der Waals surface area contributed by atoms with Gasteiger partial charge in [0, 0.05) is 24.2 Å². The van der Waals surface area contributed by atoms with Crippen molar-refractivity contribution in [1.82, 2.24) is 14.5 Å². The minimum atomic E-state index is 0.0667. The first-order chi connectivity index (χ1) is 13.3. The molecule has 2 aliphatic heterocycles. The third kappa shape index (κ3) is 3.37. The summed E-state index contributed by atoms with van der Waals surface area (Å²) in [6.07, 6.45) is 4.35. The molecule has 140 valence electrons. The van der Waals surface area contributed by atoms with E-state index in [0.29, 0.717) is 12.6 Å². The number of hydrogen-bond donors (Lipinski definition) is 0. The molecule has 0 spiro atoms. The Hall–Kier alpha value is -2.24. The molecule has 1 saturated heterocycles. The van der Waals surface area contributed by atoms with E-state index in [1.807, 2.05) is 42.7 Å². The van der Waals surface area contributed by atoms with Crippen LogP contribution >= 0.6 is 11.6 Å². The summed E-state index contributed by atoms with van der Waals surface area (Å²) in [5.74, 6) is 1.69. The van der Waals surface area contributed by atoms with Crippen LogP contribution in [-0.2, 0) is 0 Å². The highest BCUT2D eigenvalue weighted by Crippen LogP contribution is 2.32. The third-order valence-electron chi connectivity index (χ3n) is 5.44. The quantitative estimate of drug-likeness (QED) is 0.680. The number of ether oxygens (including phenoxy) is 2. The number of imidazole rings is 1. The van der Waals surface area contributed by atoms with Crippen LogP contribution in [0.1, 0.15) is 18.9 Å². The van der Waals surface area contributed by atoms with Crippen LogP contribution in [0.3, 0.4) is 0 Å². The molecular weight excluding hydrogens is 362 g/mol. The lowest BCUT2D eigenvalue weighted by molar-refractivity contribution is 0.0464. The van der Waals surface area contributed by atoms with E-state index in [1.54, 1.807) is 0 Å². The summed E-state index contributed by atoms with van der Waals surface area (Å²) in [7, 11) is 0. The number of para-hydroxylation sites is 2. The zero-order valence-corrected chi connectivity index (χ0v) is 15.8. The van der Waals surface area contributed by atoms with E-state index < -0.39 is 0 Å². The lowest BCUT2D eigenvalue weighted by Crippen LogP contribution is -2.45. The number of aromatic nitrogens is 2. The molecule has 0 radical (unpaired) electrons. The number of halogens is 1. The molecular formula is C21H22ClN3O2. The van der Waals surface area contributed by atoms with Gasteiger partial charge in [0.25, 0.3) is 0 Å². The standard InChI is InChI=1S/C21H22ClN3O2/c22-15-7-8-19-18(10-15)23-14-25(19)16-4-3-9-24(11-16)12-17-13-26-20-5-1-2-6-21(20)27-17/h1-2,5-8,10,14,16-17H,3-4,9,11-13H2/t16-,17-/m0/s1. The first-order valence-electron chi connectivity index (χ1n) is 9.49. The van der Waals surface area contributed by atoms with Gasteiger partial charge in [-0.25, -0.2) is 4.98 Å². The zero-order valence-electron chi connectivity index (χ0n) is 15.1. The Kier molecular flexibility index (Phi) is 4.42. The highest BCUT2D eigenvalue weighted by Gasteiger charge is 2.27. The third-order valence-corrected chi connectivity index (χ3v) is 5.68. The maximum atomic E-state index is 6.14. The second-order valence-electron chi connectivity index (χ2n) is 7.34. The molecule has 2 aromatic carbocycles. The van der Waals surface area contributed by atoms with Crippen molar-refractivity contribution in [2.45, 2.75) is 25.0 Å². The summed E-state index contributed by atoms with van der Waals surface area (Å²) in [5.41, 5.74) is 2.11. The van der Waals surface area contributed by atoms with E-state index in [9.17, 15) is 0 Å². The lowest BCUT2D eigenvalue weighted by atomic mass is 10.0. The van der Waals surface area contributed by atoms with Crippen molar-refractivity contribution in [2.24, 2.45) is 0 Å². The Morgan fingerprint density at radius 2 is 2.04 bits per heavy atom. The van der Waals surface area contributed by atoms with Crippen LogP contribution in [0.15, 0.2) is 48.8 Å². The number of hydrogen-bond acceptors (Lipinski definition) is 4. The minimum absolute atomic E-state index is 0.0667. The smallest absolute Gasteiger partial charge is 0.161 e. The molecule has 0 amide bonds. The largest absolute Gasteiger partial charge is 0.486 e. The van der Waals surface area contributed by atoms with Crippen LogP contribution in [0.5, 0.6) is 11.5 Å². The number of benzene rings is 2. The summed E-state index contributed by atoms with van der Waals surface area (Å²) in [6.45, 7) is 3.57. The van der Waals surface area contributed by atoms with E-state index in [1.165, 1.54) is 6.42 Å². The molecule has 27 heavy (non-hydrogen) atoms. The van der Waals surface area contributed by atoms with Gasteiger partial charge in [-0.1, -0.05) is 23.7 Å². The van der Waals surface area contributed by atoms with Gasteiger partial charge in [-0.3, -0.25) is 4.90 Å². The molecule has 0 bridgehead atoms. The summed E-state index contributed by atoms with van der Waals surface area (Å²) >= 11 is 6.10. The van der Waals surface area contributed by atoms with Gasteiger partial charge in [0.1, 0.15) is 12.7 Å². The number of fused-ring (bicyclic) bond motifs is 2. The van der Waals surface area contributed by atoms with E-state index in [4.69, 9.17) is 21.1 Å². The molecule has 3 heterocycles. The Balaban J connectivity index is 1.28. The SMILES string of the molecule is Clc1ccc2c(c1)ncn2[C@H]1CCCN(C[C@H]2COc3ccccc3O2)C1. The topological polar surface area (TPSA) is 39.5 Å². The zero-order chi connectivity index (χ0) is 18.2. The molecule has 5 rings (SSSR count). The summed E-state index contributed by atoms with van der Waals surface area (Å²) in [5, 5.41) is 0.729. The normalized spacial score (nSPS) is 22.9. The van der Waals surface area contributed by atoms with Crippen LogP contribution in [0.25, 0.3) is 11.0 Å². The predicted octanol–water partition coefficient (Wildman–Crippen LogP) is 4.17. The van der Waals surface area contributed by atoms with E-state index >= 15 is 0 Å². The number of likely N-dealkylation sites (tertiary alicyclic amines) is 1. The van der Waals surface area contributed by atoms with Crippen molar-refractivity contribution in [3.05, 3.63) is 53.8 Å². The van der Waals surface area contributed by atoms with Gasteiger partial charge in [0.05, 0.1) is 17.4 Å². The minimum Gasteiger partial charge on any atom is -0.486 e.